The van der Waals surface area contributed by atoms with Gasteiger partial charge in [0.2, 0.25) is 0 Å². The Morgan fingerprint density at radius 3 is 2.40 bits per heavy atom. The second-order valence-electron chi connectivity index (χ2n) is 10.6. The number of aliphatic hydroxyl groups excluding tert-OH is 2. The summed E-state index contributed by atoms with van der Waals surface area (Å²) in [4.78, 5) is 0. The minimum absolute atomic E-state index is 0.00534. The first-order chi connectivity index (χ1) is 11.7. The summed E-state index contributed by atoms with van der Waals surface area (Å²) in [6.07, 6.45) is 9.81. The molecule has 0 amide bonds. The van der Waals surface area contributed by atoms with Gasteiger partial charge in [0, 0.05) is 6.61 Å². The maximum Gasteiger partial charge on any atom is 0.0704 e. The molecule has 4 unspecified atom stereocenters. The largest absolute Gasteiger partial charge is 0.396 e. The van der Waals surface area contributed by atoms with E-state index in [1.54, 1.807) is 0 Å². The fraction of sp³-hybridized carbons (Fsp3) is 1.00. The zero-order valence-electron chi connectivity index (χ0n) is 16.4. The van der Waals surface area contributed by atoms with Crippen molar-refractivity contribution in [3.63, 3.8) is 0 Å². The molecule has 4 fully saturated rings. The number of fused-ring (bicyclic) bond motifs is 5. The van der Waals surface area contributed by atoms with E-state index in [9.17, 15) is 15.3 Å². The second-order valence-corrected chi connectivity index (χ2v) is 10.6. The summed E-state index contributed by atoms with van der Waals surface area (Å²) in [5.41, 5.74) is -0.248. The Balaban J connectivity index is 1.63. The van der Waals surface area contributed by atoms with Crippen LogP contribution in [0.5, 0.6) is 0 Å². The van der Waals surface area contributed by atoms with Gasteiger partial charge in [0.25, 0.3) is 0 Å². The second kappa shape index (κ2) is 5.94. The van der Waals surface area contributed by atoms with Crippen molar-refractivity contribution < 1.29 is 15.3 Å². The van der Waals surface area contributed by atoms with Crippen LogP contribution < -0.4 is 0 Å². The van der Waals surface area contributed by atoms with Crippen molar-refractivity contribution in [1.29, 1.82) is 0 Å². The lowest BCUT2D eigenvalue weighted by Crippen LogP contribution is -2.56. The van der Waals surface area contributed by atoms with Gasteiger partial charge in [-0.05, 0) is 105 Å². The van der Waals surface area contributed by atoms with Gasteiger partial charge in [-0.2, -0.15) is 0 Å². The van der Waals surface area contributed by atoms with Gasteiger partial charge in [-0.1, -0.05) is 13.8 Å². The summed E-state index contributed by atoms with van der Waals surface area (Å²) >= 11 is 0. The summed E-state index contributed by atoms with van der Waals surface area (Å²) in [5.74, 6) is 3.02. The molecule has 3 N–H and O–H groups in total. The van der Waals surface area contributed by atoms with E-state index in [0.29, 0.717) is 17.3 Å². The summed E-state index contributed by atoms with van der Waals surface area (Å²) in [5, 5.41) is 31.1. The molecule has 0 spiro atoms. The van der Waals surface area contributed by atoms with Gasteiger partial charge in [0.1, 0.15) is 0 Å². The smallest absolute Gasteiger partial charge is 0.0704 e. The topological polar surface area (TPSA) is 60.7 Å². The van der Waals surface area contributed by atoms with Crippen LogP contribution in [0.4, 0.5) is 0 Å². The van der Waals surface area contributed by atoms with Crippen LogP contribution in [0.3, 0.4) is 0 Å². The first kappa shape index (κ1) is 18.3. The maximum absolute atomic E-state index is 11.4. The molecule has 0 radical (unpaired) electrons. The van der Waals surface area contributed by atoms with Gasteiger partial charge < -0.3 is 15.3 Å². The lowest BCUT2D eigenvalue weighted by molar-refractivity contribution is -0.159. The normalized spacial score (nSPS) is 58.3. The lowest BCUT2D eigenvalue weighted by Gasteiger charge is -2.61. The minimum atomic E-state index is -0.647. The molecule has 0 heterocycles. The quantitative estimate of drug-likeness (QED) is 0.711. The van der Waals surface area contributed by atoms with Gasteiger partial charge in [-0.15, -0.1) is 0 Å². The monoisotopic (exact) mass is 350 g/mol. The number of rotatable bonds is 2. The van der Waals surface area contributed by atoms with Crippen LogP contribution in [0.25, 0.3) is 0 Å². The molecule has 4 rings (SSSR count). The molecule has 0 bridgehead atoms. The Bertz CT molecular complexity index is 517. The molecule has 0 aromatic rings. The Morgan fingerprint density at radius 2 is 1.68 bits per heavy atom. The third-order valence-electron chi connectivity index (χ3n) is 9.99. The molecule has 144 valence electrons. The van der Waals surface area contributed by atoms with E-state index in [4.69, 9.17) is 0 Å². The molecule has 4 saturated carbocycles. The molecule has 3 heteroatoms. The van der Waals surface area contributed by atoms with E-state index in [1.165, 1.54) is 25.7 Å². The zero-order valence-corrected chi connectivity index (χ0v) is 16.4. The van der Waals surface area contributed by atoms with Crippen molar-refractivity contribution in [3.05, 3.63) is 0 Å². The average molecular weight is 351 g/mol. The lowest BCUT2D eigenvalue weighted by atomic mass is 9.44. The van der Waals surface area contributed by atoms with Crippen LogP contribution in [0.1, 0.15) is 78.6 Å². The third-order valence-corrected chi connectivity index (χ3v) is 9.99. The fourth-order valence-electron chi connectivity index (χ4n) is 8.18. The van der Waals surface area contributed by atoms with Gasteiger partial charge in [-0.3, -0.25) is 0 Å². The van der Waals surface area contributed by atoms with Crippen LogP contribution in [0, 0.1) is 40.4 Å². The molecule has 0 saturated heterocycles. The highest BCUT2D eigenvalue weighted by Gasteiger charge is 2.65. The highest BCUT2D eigenvalue weighted by Crippen LogP contribution is 2.69. The summed E-state index contributed by atoms with van der Waals surface area (Å²) in [7, 11) is 0. The molecule has 4 aliphatic rings. The predicted octanol–water partition coefficient (Wildman–Crippen LogP) is 3.75. The van der Waals surface area contributed by atoms with Crippen molar-refractivity contribution in [1.82, 2.24) is 0 Å². The van der Waals surface area contributed by atoms with E-state index in [1.807, 2.05) is 0 Å². The Labute approximate surface area is 153 Å². The average Bonchev–Trinajstić information content (AvgIpc) is 2.76. The van der Waals surface area contributed by atoms with E-state index in [-0.39, 0.29) is 24.0 Å². The summed E-state index contributed by atoms with van der Waals surface area (Å²) < 4.78 is 0. The molecular formula is C22H38O3. The van der Waals surface area contributed by atoms with Crippen molar-refractivity contribution in [2.45, 2.75) is 90.3 Å². The van der Waals surface area contributed by atoms with Crippen LogP contribution in [-0.2, 0) is 0 Å². The van der Waals surface area contributed by atoms with Gasteiger partial charge in [0.15, 0.2) is 0 Å². The highest BCUT2D eigenvalue weighted by molar-refractivity contribution is 5.15. The van der Waals surface area contributed by atoms with E-state index >= 15 is 0 Å². The maximum atomic E-state index is 11.4. The van der Waals surface area contributed by atoms with E-state index < -0.39 is 5.60 Å². The molecule has 9 atom stereocenters. The molecule has 4 aliphatic carbocycles. The van der Waals surface area contributed by atoms with Crippen molar-refractivity contribution in [2.75, 3.05) is 6.61 Å². The molecule has 3 nitrogen and oxygen atoms in total. The van der Waals surface area contributed by atoms with Gasteiger partial charge >= 0.3 is 0 Å². The molecule has 0 aromatic heterocycles. The first-order valence-corrected chi connectivity index (χ1v) is 10.8. The summed E-state index contributed by atoms with van der Waals surface area (Å²) in [6, 6.07) is 0. The highest BCUT2D eigenvalue weighted by atomic mass is 16.3. The zero-order chi connectivity index (χ0) is 18.0. The van der Waals surface area contributed by atoms with Crippen LogP contribution in [-0.4, -0.2) is 33.6 Å². The third kappa shape index (κ3) is 2.41. The van der Waals surface area contributed by atoms with Crippen LogP contribution in [0.15, 0.2) is 0 Å². The van der Waals surface area contributed by atoms with Gasteiger partial charge in [0.05, 0.1) is 11.7 Å². The predicted molar refractivity (Wildman–Crippen MR) is 98.9 cm³/mol. The van der Waals surface area contributed by atoms with E-state index in [0.717, 1.165) is 43.9 Å². The van der Waals surface area contributed by atoms with Crippen molar-refractivity contribution in [2.24, 2.45) is 40.4 Å². The SMILES string of the molecule is C[C@]12CCC3C(CC[C@@H]4C[C@H](O)CC[C@]34C)C1CC(CCO)[C@@]2(C)O. The first-order valence-electron chi connectivity index (χ1n) is 10.8. The fourth-order valence-corrected chi connectivity index (χ4v) is 8.18. The molecule has 25 heavy (non-hydrogen) atoms. The van der Waals surface area contributed by atoms with Crippen molar-refractivity contribution >= 4 is 0 Å². The molecule has 0 aliphatic heterocycles. The van der Waals surface area contributed by atoms with Crippen LogP contribution in [0.2, 0.25) is 0 Å². The Hall–Kier alpha value is -0.120. The minimum Gasteiger partial charge on any atom is -0.396 e. The van der Waals surface area contributed by atoms with Crippen molar-refractivity contribution in [3.8, 4) is 0 Å². The molecule has 0 aromatic carbocycles. The Kier molecular flexibility index (Phi) is 4.34. The van der Waals surface area contributed by atoms with Crippen LogP contribution >= 0.6 is 0 Å². The molecular weight excluding hydrogens is 312 g/mol. The number of aliphatic hydroxyl groups is 3. The standard InChI is InChI=1S/C22H38O3/c1-20-9-6-16(24)12-14(20)4-5-17-18(20)7-10-21(2)19(17)13-15(8-11-23)22(21,3)25/h14-19,23-25H,4-13H2,1-3H3/t14-,15?,16-,17?,18?,19?,20+,21+,22-/m1/s1. The van der Waals surface area contributed by atoms with E-state index in [2.05, 4.69) is 20.8 Å². The van der Waals surface area contributed by atoms with Gasteiger partial charge in [-0.25, -0.2) is 0 Å². The number of hydrogen-bond donors (Lipinski definition) is 3. The Morgan fingerprint density at radius 1 is 0.920 bits per heavy atom. The summed E-state index contributed by atoms with van der Waals surface area (Å²) in [6.45, 7) is 7.10. The number of hydrogen-bond acceptors (Lipinski definition) is 3.